The van der Waals surface area contributed by atoms with Crippen molar-refractivity contribution < 1.29 is 14.7 Å². The van der Waals surface area contributed by atoms with Crippen LogP contribution in [0, 0.1) is 11.8 Å². The van der Waals surface area contributed by atoms with Gasteiger partial charge in [-0.15, -0.1) is 11.8 Å². The summed E-state index contributed by atoms with van der Waals surface area (Å²) in [6, 6.07) is 7.57. The molecule has 5 heteroatoms. The van der Waals surface area contributed by atoms with E-state index in [-0.39, 0.29) is 5.91 Å². The smallest absolute Gasteiger partial charge is 0.307 e. The first kappa shape index (κ1) is 14.9. The lowest BCUT2D eigenvalue weighted by Gasteiger charge is -2.27. The number of aliphatic carboxylic acids is 1. The summed E-state index contributed by atoms with van der Waals surface area (Å²) in [6.45, 7) is 0. The molecule has 1 aliphatic rings. The van der Waals surface area contributed by atoms with E-state index in [1.54, 1.807) is 11.8 Å². The third-order valence-electron chi connectivity index (χ3n) is 3.78. The van der Waals surface area contributed by atoms with Crippen LogP contribution in [0.25, 0.3) is 0 Å². The predicted octanol–water partition coefficient (Wildman–Crippen LogP) is 3.24. The second kappa shape index (κ2) is 6.79. The molecule has 20 heavy (non-hydrogen) atoms. The minimum atomic E-state index is -0.858. The Morgan fingerprint density at radius 3 is 2.50 bits per heavy atom. The molecule has 0 heterocycles. The van der Waals surface area contributed by atoms with Crippen molar-refractivity contribution in [3.8, 4) is 0 Å². The van der Waals surface area contributed by atoms with Crippen LogP contribution in [0.1, 0.15) is 25.7 Å². The molecule has 0 spiro atoms. The van der Waals surface area contributed by atoms with Gasteiger partial charge in [0.1, 0.15) is 0 Å². The fraction of sp³-hybridized carbons (Fsp3) is 0.467. The van der Waals surface area contributed by atoms with E-state index in [1.807, 2.05) is 30.5 Å². The normalized spacial score (nSPS) is 22.2. The monoisotopic (exact) mass is 293 g/mol. The number of hydrogen-bond acceptors (Lipinski definition) is 3. The molecule has 1 aromatic rings. The first-order valence-corrected chi connectivity index (χ1v) is 8.02. The van der Waals surface area contributed by atoms with Crippen molar-refractivity contribution in [3.63, 3.8) is 0 Å². The van der Waals surface area contributed by atoms with Gasteiger partial charge in [-0.3, -0.25) is 9.59 Å². The Bertz CT molecular complexity index is 504. The molecule has 2 atom stereocenters. The fourth-order valence-electron chi connectivity index (χ4n) is 2.71. The van der Waals surface area contributed by atoms with Gasteiger partial charge in [0.15, 0.2) is 0 Å². The van der Waals surface area contributed by atoms with E-state index in [4.69, 9.17) is 0 Å². The number of carbonyl (C=O) groups is 2. The van der Waals surface area contributed by atoms with E-state index in [1.165, 1.54) is 0 Å². The van der Waals surface area contributed by atoms with Crippen LogP contribution in [0.3, 0.4) is 0 Å². The Labute approximate surface area is 123 Å². The molecular formula is C15H19NO3S. The highest BCUT2D eigenvalue weighted by atomic mass is 32.2. The molecule has 1 aliphatic carbocycles. The maximum absolute atomic E-state index is 12.4. The number of hydrogen-bond donors (Lipinski definition) is 2. The first-order chi connectivity index (χ1) is 9.63. The van der Waals surface area contributed by atoms with Gasteiger partial charge in [-0.05, 0) is 31.2 Å². The summed E-state index contributed by atoms with van der Waals surface area (Å²) in [7, 11) is 0. The van der Waals surface area contributed by atoms with Crippen LogP contribution in [-0.4, -0.2) is 23.2 Å². The average molecular weight is 293 g/mol. The van der Waals surface area contributed by atoms with Crippen LogP contribution in [0.4, 0.5) is 5.69 Å². The molecule has 1 saturated carbocycles. The first-order valence-electron chi connectivity index (χ1n) is 6.80. The Morgan fingerprint density at radius 2 is 1.85 bits per heavy atom. The Kier molecular flexibility index (Phi) is 5.06. The third kappa shape index (κ3) is 3.33. The van der Waals surface area contributed by atoms with Crippen molar-refractivity contribution in [1.82, 2.24) is 0 Å². The molecule has 2 rings (SSSR count). The molecule has 2 N–H and O–H groups in total. The SMILES string of the molecule is CSc1ccccc1NC(=O)[C@H]1CCCC[C@H]1C(=O)O. The van der Waals surface area contributed by atoms with Crippen LogP contribution in [0.15, 0.2) is 29.2 Å². The van der Waals surface area contributed by atoms with Crippen LogP contribution in [0.2, 0.25) is 0 Å². The highest BCUT2D eigenvalue weighted by Crippen LogP contribution is 2.32. The molecule has 108 valence electrons. The number of carbonyl (C=O) groups excluding carboxylic acids is 1. The van der Waals surface area contributed by atoms with Gasteiger partial charge in [0.2, 0.25) is 5.91 Å². The van der Waals surface area contributed by atoms with Crippen LogP contribution < -0.4 is 5.32 Å². The number of rotatable bonds is 4. The molecular weight excluding hydrogens is 274 g/mol. The molecule has 0 aromatic heterocycles. The summed E-state index contributed by atoms with van der Waals surface area (Å²) < 4.78 is 0. The molecule has 0 bridgehead atoms. The second-order valence-electron chi connectivity index (χ2n) is 5.03. The van der Waals surface area contributed by atoms with Crippen molar-refractivity contribution in [2.75, 3.05) is 11.6 Å². The van der Waals surface area contributed by atoms with Crippen molar-refractivity contribution in [3.05, 3.63) is 24.3 Å². The molecule has 0 aliphatic heterocycles. The van der Waals surface area contributed by atoms with Gasteiger partial charge >= 0.3 is 5.97 Å². The highest BCUT2D eigenvalue weighted by Gasteiger charge is 2.35. The zero-order chi connectivity index (χ0) is 14.5. The van der Waals surface area contributed by atoms with Gasteiger partial charge < -0.3 is 10.4 Å². The van der Waals surface area contributed by atoms with Crippen molar-refractivity contribution in [2.24, 2.45) is 11.8 Å². The summed E-state index contributed by atoms with van der Waals surface area (Å²) in [6.07, 6.45) is 5.02. The van der Waals surface area contributed by atoms with Gasteiger partial charge in [-0.1, -0.05) is 25.0 Å². The van der Waals surface area contributed by atoms with Gasteiger partial charge in [-0.25, -0.2) is 0 Å². The second-order valence-corrected chi connectivity index (χ2v) is 5.87. The van der Waals surface area contributed by atoms with Gasteiger partial charge in [0.05, 0.1) is 17.5 Å². The molecule has 1 aromatic carbocycles. The number of benzene rings is 1. The van der Waals surface area contributed by atoms with E-state index in [0.29, 0.717) is 12.8 Å². The predicted molar refractivity (Wildman–Crippen MR) is 79.9 cm³/mol. The van der Waals surface area contributed by atoms with E-state index in [0.717, 1.165) is 23.4 Å². The zero-order valence-corrected chi connectivity index (χ0v) is 12.3. The van der Waals surface area contributed by atoms with Crippen molar-refractivity contribution >= 4 is 29.3 Å². The summed E-state index contributed by atoms with van der Waals surface area (Å²) in [5.74, 6) is -2.00. The minimum Gasteiger partial charge on any atom is -0.481 e. The Hall–Kier alpha value is -1.49. The van der Waals surface area contributed by atoms with Crippen molar-refractivity contribution in [1.29, 1.82) is 0 Å². The number of nitrogens with one attached hydrogen (secondary N) is 1. The molecule has 1 amide bonds. The minimum absolute atomic E-state index is 0.168. The fourth-order valence-corrected chi connectivity index (χ4v) is 3.27. The van der Waals surface area contributed by atoms with E-state index < -0.39 is 17.8 Å². The quantitative estimate of drug-likeness (QED) is 0.836. The molecule has 0 radical (unpaired) electrons. The molecule has 4 nitrogen and oxygen atoms in total. The number of carboxylic acid groups (broad SMARTS) is 1. The lowest BCUT2D eigenvalue weighted by molar-refractivity contribution is -0.147. The maximum Gasteiger partial charge on any atom is 0.307 e. The third-order valence-corrected chi connectivity index (χ3v) is 4.58. The topological polar surface area (TPSA) is 66.4 Å². The van der Waals surface area contributed by atoms with Crippen molar-refractivity contribution in [2.45, 2.75) is 30.6 Å². The van der Waals surface area contributed by atoms with Crippen LogP contribution in [-0.2, 0) is 9.59 Å². The van der Waals surface area contributed by atoms with E-state index >= 15 is 0 Å². The van der Waals surface area contributed by atoms with E-state index in [2.05, 4.69) is 5.32 Å². The highest BCUT2D eigenvalue weighted by molar-refractivity contribution is 7.98. The maximum atomic E-state index is 12.4. The standard InChI is InChI=1S/C15H19NO3S/c1-20-13-9-5-4-8-12(13)16-14(17)10-6-2-3-7-11(10)15(18)19/h4-5,8-11H,2-3,6-7H2,1H3,(H,16,17)(H,18,19)/t10-,11+/m0/s1. The van der Waals surface area contributed by atoms with E-state index in [9.17, 15) is 14.7 Å². The number of thioether (sulfide) groups is 1. The summed E-state index contributed by atoms with van der Waals surface area (Å²) >= 11 is 1.56. The molecule has 0 saturated heterocycles. The Balaban J connectivity index is 2.12. The number of amides is 1. The van der Waals surface area contributed by atoms with Gasteiger partial charge in [0.25, 0.3) is 0 Å². The van der Waals surface area contributed by atoms with Gasteiger partial charge in [0, 0.05) is 4.90 Å². The van der Waals surface area contributed by atoms with Crippen LogP contribution >= 0.6 is 11.8 Å². The number of anilines is 1. The Morgan fingerprint density at radius 1 is 1.20 bits per heavy atom. The van der Waals surface area contributed by atoms with Crippen LogP contribution in [0.5, 0.6) is 0 Å². The lowest BCUT2D eigenvalue weighted by atomic mass is 9.78. The molecule has 1 fully saturated rings. The summed E-state index contributed by atoms with van der Waals surface area (Å²) in [5, 5.41) is 12.1. The average Bonchev–Trinajstić information content (AvgIpc) is 2.47. The number of carboxylic acids is 1. The summed E-state index contributed by atoms with van der Waals surface area (Å²) in [5.41, 5.74) is 0.764. The molecule has 0 unspecified atom stereocenters. The van der Waals surface area contributed by atoms with Gasteiger partial charge in [-0.2, -0.15) is 0 Å². The largest absolute Gasteiger partial charge is 0.481 e. The number of para-hydroxylation sites is 1. The lowest BCUT2D eigenvalue weighted by Crippen LogP contribution is -2.36. The summed E-state index contributed by atoms with van der Waals surface area (Å²) in [4.78, 5) is 24.6. The zero-order valence-electron chi connectivity index (χ0n) is 11.5.